The highest BCUT2D eigenvalue weighted by Gasteiger charge is 2.29. The zero-order valence-corrected chi connectivity index (χ0v) is 12.4. The van der Waals surface area contributed by atoms with E-state index in [0.717, 1.165) is 0 Å². The van der Waals surface area contributed by atoms with E-state index in [1.54, 1.807) is 24.3 Å². The summed E-state index contributed by atoms with van der Waals surface area (Å²) in [5.74, 6) is -0.593. The number of nitrogens with one attached hydrogen (secondary N) is 2. The van der Waals surface area contributed by atoms with E-state index in [2.05, 4.69) is 10.6 Å². The molecule has 1 unspecified atom stereocenters. The molecule has 1 aliphatic heterocycles. The first-order valence-corrected chi connectivity index (χ1v) is 7.14. The number of hydrogen-bond donors (Lipinski definition) is 2. The molecule has 0 bridgehead atoms. The first-order valence-electron chi connectivity index (χ1n) is 7.14. The van der Waals surface area contributed by atoms with Crippen LogP contribution >= 0.6 is 0 Å². The van der Waals surface area contributed by atoms with Crippen LogP contribution in [0.4, 0.5) is 17.1 Å². The number of amides is 1. The molecule has 1 amide bonds. The first kappa shape index (κ1) is 15.5. The summed E-state index contributed by atoms with van der Waals surface area (Å²) in [6, 6.07) is 11.7. The van der Waals surface area contributed by atoms with Gasteiger partial charge >= 0.3 is 5.97 Å². The van der Waals surface area contributed by atoms with E-state index in [-0.39, 0.29) is 12.1 Å². The molecule has 122 valence electrons. The summed E-state index contributed by atoms with van der Waals surface area (Å²) in [6.07, 6.45) is -0.157. The number of ether oxygens (including phenoxy) is 1. The number of carbonyl (C=O) groups is 2. The van der Waals surface area contributed by atoms with Crippen LogP contribution in [0.1, 0.15) is 6.42 Å². The molecular formula is C16H13N3O5. The molecule has 1 heterocycles. The van der Waals surface area contributed by atoms with Crippen LogP contribution in [0.5, 0.6) is 5.75 Å². The first-order chi connectivity index (χ1) is 11.5. The second-order valence-electron chi connectivity index (χ2n) is 5.17. The number of non-ortho nitro benzene ring substituents is 1. The highest BCUT2D eigenvalue weighted by molar-refractivity contribution is 5.97. The molecule has 1 aliphatic rings. The summed E-state index contributed by atoms with van der Waals surface area (Å²) in [6.45, 7) is 0. The lowest BCUT2D eigenvalue weighted by molar-refractivity contribution is -0.384. The van der Waals surface area contributed by atoms with Gasteiger partial charge in [0, 0.05) is 17.8 Å². The number of carbonyl (C=O) groups excluding carboxylic acids is 2. The van der Waals surface area contributed by atoms with Crippen molar-refractivity contribution >= 4 is 28.9 Å². The largest absolute Gasteiger partial charge is 0.423 e. The average molecular weight is 327 g/mol. The summed E-state index contributed by atoms with van der Waals surface area (Å²) < 4.78 is 5.18. The number of esters is 1. The fourth-order valence-electron chi connectivity index (χ4n) is 2.33. The number of fused-ring (bicyclic) bond motifs is 1. The third-order valence-corrected chi connectivity index (χ3v) is 3.44. The monoisotopic (exact) mass is 327 g/mol. The number of benzene rings is 2. The molecule has 24 heavy (non-hydrogen) atoms. The predicted octanol–water partition coefficient (Wildman–Crippen LogP) is 2.32. The second kappa shape index (κ2) is 6.37. The number of hydrogen-bond acceptors (Lipinski definition) is 6. The Kier molecular flexibility index (Phi) is 4.11. The fraction of sp³-hybridized carbons (Fsp3) is 0.125. The van der Waals surface area contributed by atoms with E-state index in [1.807, 2.05) is 0 Å². The smallest absolute Gasteiger partial charge is 0.334 e. The summed E-state index contributed by atoms with van der Waals surface area (Å²) in [4.78, 5) is 34.2. The zero-order chi connectivity index (χ0) is 17.1. The molecule has 0 fully saturated rings. The molecule has 8 heteroatoms. The summed E-state index contributed by atoms with van der Waals surface area (Å²) in [7, 11) is 0. The van der Waals surface area contributed by atoms with E-state index in [1.165, 1.54) is 24.3 Å². The molecule has 2 N–H and O–H groups in total. The van der Waals surface area contributed by atoms with Crippen LogP contribution in [0.3, 0.4) is 0 Å². The Morgan fingerprint density at radius 1 is 1.25 bits per heavy atom. The molecule has 2 aromatic rings. The van der Waals surface area contributed by atoms with Gasteiger partial charge in [0.25, 0.3) is 5.69 Å². The number of nitro benzene ring substituents is 1. The number of para-hydroxylation sites is 2. The summed E-state index contributed by atoms with van der Waals surface area (Å²) in [5, 5.41) is 16.2. The van der Waals surface area contributed by atoms with Gasteiger partial charge in [0.15, 0.2) is 5.75 Å². The van der Waals surface area contributed by atoms with E-state index < -0.39 is 22.8 Å². The van der Waals surface area contributed by atoms with Crippen LogP contribution in [0.2, 0.25) is 0 Å². The summed E-state index contributed by atoms with van der Waals surface area (Å²) in [5.41, 5.74) is 0.793. The standard InChI is InChI=1S/C16H13N3O5/c20-15(17-10-4-3-5-11(8-10)19(22)23)9-13-16(21)24-14-7-2-1-6-12(14)18-13/h1-8,13,18H,9H2,(H,17,20). The zero-order valence-electron chi connectivity index (χ0n) is 12.4. The minimum atomic E-state index is -0.821. The molecule has 0 saturated carbocycles. The molecule has 3 rings (SSSR count). The molecule has 0 aliphatic carbocycles. The van der Waals surface area contributed by atoms with Crippen molar-refractivity contribution in [2.24, 2.45) is 0 Å². The Morgan fingerprint density at radius 3 is 2.83 bits per heavy atom. The van der Waals surface area contributed by atoms with Gasteiger partial charge in [-0.15, -0.1) is 0 Å². The summed E-state index contributed by atoms with van der Waals surface area (Å²) >= 11 is 0. The molecule has 0 radical (unpaired) electrons. The maximum atomic E-state index is 12.1. The van der Waals surface area contributed by atoms with Crippen molar-refractivity contribution in [3.8, 4) is 5.75 Å². The molecule has 2 aromatic carbocycles. The highest BCUT2D eigenvalue weighted by Crippen LogP contribution is 2.29. The lowest BCUT2D eigenvalue weighted by Crippen LogP contribution is -2.39. The fourth-order valence-corrected chi connectivity index (χ4v) is 2.33. The van der Waals surface area contributed by atoms with Crippen molar-refractivity contribution in [3.63, 3.8) is 0 Å². The molecule has 0 aromatic heterocycles. The third kappa shape index (κ3) is 3.32. The topological polar surface area (TPSA) is 111 Å². The Hall–Kier alpha value is -3.42. The lowest BCUT2D eigenvalue weighted by atomic mass is 10.1. The van der Waals surface area contributed by atoms with Gasteiger partial charge in [-0.2, -0.15) is 0 Å². The Morgan fingerprint density at radius 2 is 2.04 bits per heavy atom. The van der Waals surface area contributed by atoms with Crippen LogP contribution in [0, 0.1) is 10.1 Å². The predicted molar refractivity (Wildman–Crippen MR) is 85.8 cm³/mol. The van der Waals surface area contributed by atoms with Crippen LogP contribution in [0.25, 0.3) is 0 Å². The molecule has 0 spiro atoms. The van der Waals surface area contributed by atoms with Crippen LogP contribution in [0.15, 0.2) is 48.5 Å². The highest BCUT2D eigenvalue weighted by atomic mass is 16.6. The van der Waals surface area contributed by atoms with E-state index >= 15 is 0 Å². The molecular weight excluding hydrogens is 314 g/mol. The van der Waals surface area contributed by atoms with Gasteiger partial charge in [-0.05, 0) is 18.2 Å². The van der Waals surface area contributed by atoms with Gasteiger partial charge in [0.2, 0.25) is 5.91 Å². The lowest BCUT2D eigenvalue weighted by Gasteiger charge is -2.24. The van der Waals surface area contributed by atoms with E-state index in [0.29, 0.717) is 17.1 Å². The number of rotatable bonds is 4. The number of anilines is 2. The van der Waals surface area contributed by atoms with Crippen LogP contribution < -0.4 is 15.4 Å². The van der Waals surface area contributed by atoms with Crippen molar-refractivity contribution in [1.82, 2.24) is 0 Å². The van der Waals surface area contributed by atoms with Crippen LogP contribution in [-0.4, -0.2) is 22.8 Å². The second-order valence-corrected chi connectivity index (χ2v) is 5.17. The SMILES string of the molecule is O=C(CC1Nc2ccccc2OC1=O)Nc1cccc([N+](=O)[O-])c1. The van der Waals surface area contributed by atoms with Crippen molar-refractivity contribution < 1.29 is 19.2 Å². The number of nitrogens with zero attached hydrogens (tertiary/aromatic N) is 1. The minimum absolute atomic E-state index is 0.128. The van der Waals surface area contributed by atoms with Crippen molar-refractivity contribution in [2.45, 2.75) is 12.5 Å². The Balaban J connectivity index is 1.66. The van der Waals surface area contributed by atoms with Gasteiger partial charge in [-0.1, -0.05) is 18.2 Å². The van der Waals surface area contributed by atoms with Gasteiger partial charge in [-0.3, -0.25) is 14.9 Å². The average Bonchev–Trinajstić information content (AvgIpc) is 2.55. The Bertz CT molecular complexity index is 821. The van der Waals surface area contributed by atoms with Gasteiger partial charge in [0.05, 0.1) is 17.0 Å². The molecule has 0 saturated heterocycles. The van der Waals surface area contributed by atoms with E-state index in [4.69, 9.17) is 4.74 Å². The van der Waals surface area contributed by atoms with Crippen molar-refractivity contribution in [2.75, 3.05) is 10.6 Å². The molecule has 1 atom stereocenters. The van der Waals surface area contributed by atoms with Crippen molar-refractivity contribution in [3.05, 3.63) is 58.6 Å². The Labute approximate surface area is 136 Å². The maximum Gasteiger partial charge on any atom is 0.334 e. The van der Waals surface area contributed by atoms with Gasteiger partial charge < -0.3 is 15.4 Å². The van der Waals surface area contributed by atoms with Crippen molar-refractivity contribution in [1.29, 1.82) is 0 Å². The minimum Gasteiger partial charge on any atom is -0.423 e. The van der Waals surface area contributed by atoms with Crippen LogP contribution in [-0.2, 0) is 9.59 Å². The third-order valence-electron chi connectivity index (χ3n) is 3.44. The van der Waals surface area contributed by atoms with Gasteiger partial charge in [-0.25, -0.2) is 4.79 Å². The molecule has 8 nitrogen and oxygen atoms in total. The quantitative estimate of drug-likeness (QED) is 0.386. The van der Waals surface area contributed by atoms with E-state index in [9.17, 15) is 19.7 Å². The normalized spacial score (nSPS) is 15.7. The maximum absolute atomic E-state index is 12.1. The van der Waals surface area contributed by atoms with Gasteiger partial charge in [0.1, 0.15) is 6.04 Å². The number of nitro groups is 1.